The molecular formula is C20H32O4S. The number of hydrogen-bond donors (Lipinski definition) is 1. The van der Waals surface area contributed by atoms with Gasteiger partial charge in [-0.2, -0.15) is 8.42 Å². The predicted molar refractivity (Wildman–Crippen MR) is 106 cm³/mol. The molecule has 0 unspecified atom stereocenters. The van der Waals surface area contributed by atoms with Crippen molar-refractivity contribution in [2.75, 3.05) is 6.61 Å². The molecule has 0 amide bonds. The van der Waals surface area contributed by atoms with E-state index in [-0.39, 0.29) is 6.61 Å². The zero-order chi connectivity index (χ0) is 18.6. The third kappa shape index (κ3) is 22.6. The van der Waals surface area contributed by atoms with Gasteiger partial charge in [0.1, 0.15) is 0 Å². The van der Waals surface area contributed by atoms with Gasteiger partial charge in [0.25, 0.3) is 0 Å². The molecule has 1 N–H and O–H groups in total. The van der Waals surface area contributed by atoms with Crippen molar-refractivity contribution >= 4 is 10.4 Å². The van der Waals surface area contributed by atoms with Crippen LogP contribution in [0.1, 0.15) is 58.3 Å². The zero-order valence-corrected chi connectivity index (χ0v) is 16.0. The van der Waals surface area contributed by atoms with Crippen molar-refractivity contribution in [3.05, 3.63) is 60.8 Å². The van der Waals surface area contributed by atoms with Crippen molar-refractivity contribution in [1.29, 1.82) is 0 Å². The Kier molecular flexibility index (Phi) is 16.4. The summed E-state index contributed by atoms with van der Waals surface area (Å²) in [6, 6.07) is 0. The summed E-state index contributed by atoms with van der Waals surface area (Å²) in [4.78, 5) is 0. The molecule has 0 aromatic rings. The van der Waals surface area contributed by atoms with E-state index in [4.69, 9.17) is 4.55 Å². The first kappa shape index (κ1) is 23.6. The lowest BCUT2D eigenvalue weighted by Gasteiger charge is -1.97. The van der Waals surface area contributed by atoms with E-state index in [1.807, 2.05) is 0 Å². The molecule has 0 aromatic heterocycles. The van der Waals surface area contributed by atoms with E-state index in [2.05, 4.69) is 71.9 Å². The van der Waals surface area contributed by atoms with Crippen molar-refractivity contribution in [3.63, 3.8) is 0 Å². The highest BCUT2D eigenvalue weighted by Crippen LogP contribution is 2.00. The molecule has 0 aliphatic rings. The highest BCUT2D eigenvalue weighted by molar-refractivity contribution is 7.80. The lowest BCUT2D eigenvalue weighted by Crippen LogP contribution is -2.04. The Morgan fingerprint density at radius 2 is 1.16 bits per heavy atom. The summed E-state index contributed by atoms with van der Waals surface area (Å²) in [7, 11) is -4.29. The number of rotatable bonds is 15. The first-order valence-electron chi connectivity index (χ1n) is 8.93. The van der Waals surface area contributed by atoms with Crippen molar-refractivity contribution in [3.8, 4) is 0 Å². The number of allylic oxidation sites excluding steroid dienone is 10. The molecule has 0 heterocycles. The number of hydrogen-bond acceptors (Lipinski definition) is 3. The Hall–Kier alpha value is -1.43. The predicted octanol–water partition coefficient (Wildman–Crippen LogP) is 5.73. The normalized spacial score (nSPS) is 13.5. The molecule has 0 bridgehead atoms. The van der Waals surface area contributed by atoms with Gasteiger partial charge in [0.05, 0.1) is 6.61 Å². The third-order valence-electron chi connectivity index (χ3n) is 3.16. The largest absolute Gasteiger partial charge is 0.397 e. The second kappa shape index (κ2) is 17.4. The Bertz CT molecular complexity index is 540. The second-order valence-electron chi connectivity index (χ2n) is 5.45. The van der Waals surface area contributed by atoms with E-state index < -0.39 is 10.4 Å². The monoisotopic (exact) mass is 368 g/mol. The summed E-state index contributed by atoms with van der Waals surface area (Å²) in [5.74, 6) is 0. The molecule has 0 radical (unpaired) electrons. The first-order valence-corrected chi connectivity index (χ1v) is 10.3. The van der Waals surface area contributed by atoms with Crippen molar-refractivity contribution in [2.24, 2.45) is 0 Å². The van der Waals surface area contributed by atoms with Crippen molar-refractivity contribution < 1.29 is 17.2 Å². The molecule has 142 valence electrons. The topological polar surface area (TPSA) is 63.6 Å². The van der Waals surface area contributed by atoms with Crippen LogP contribution < -0.4 is 0 Å². The van der Waals surface area contributed by atoms with Gasteiger partial charge in [-0.25, -0.2) is 4.18 Å². The molecule has 0 aliphatic heterocycles. The first-order chi connectivity index (χ1) is 12.1. The fraction of sp³-hybridized carbons (Fsp3) is 0.500. The summed E-state index contributed by atoms with van der Waals surface area (Å²) in [6.07, 6.45) is 28.8. The van der Waals surface area contributed by atoms with Gasteiger partial charge in [0.15, 0.2) is 0 Å². The molecule has 0 spiro atoms. The summed E-state index contributed by atoms with van der Waals surface area (Å²) in [6.45, 7) is 2.17. The van der Waals surface area contributed by atoms with Gasteiger partial charge in [0.2, 0.25) is 0 Å². The molecule has 5 heteroatoms. The van der Waals surface area contributed by atoms with Gasteiger partial charge >= 0.3 is 10.4 Å². The maximum atomic E-state index is 10.3. The molecule has 0 saturated carbocycles. The smallest absolute Gasteiger partial charge is 0.264 e. The average Bonchev–Trinajstić information content (AvgIpc) is 2.56. The fourth-order valence-electron chi connectivity index (χ4n) is 1.90. The van der Waals surface area contributed by atoms with Crippen LogP contribution in [0, 0.1) is 0 Å². The van der Waals surface area contributed by atoms with Gasteiger partial charge in [-0.3, -0.25) is 4.55 Å². The highest BCUT2D eigenvalue weighted by Gasteiger charge is 2.01. The summed E-state index contributed by atoms with van der Waals surface area (Å²) in [5, 5.41) is 0. The van der Waals surface area contributed by atoms with E-state index in [1.54, 1.807) is 0 Å². The molecule has 0 aliphatic carbocycles. The number of unbranched alkanes of at least 4 members (excludes halogenated alkanes) is 2. The molecule has 0 saturated heterocycles. The maximum Gasteiger partial charge on any atom is 0.397 e. The van der Waals surface area contributed by atoms with Crippen molar-refractivity contribution in [1.82, 2.24) is 0 Å². The molecular weight excluding hydrogens is 336 g/mol. The van der Waals surface area contributed by atoms with Crippen LogP contribution in [0.2, 0.25) is 0 Å². The van der Waals surface area contributed by atoms with Crippen LogP contribution >= 0.6 is 0 Å². The quantitative estimate of drug-likeness (QED) is 0.228. The van der Waals surface area contributed by atoms with E-state index in [0.717, 1.165) is 44.9 Å². The van der Waals surface area contributed by atoms with Crippen LogP contribution in [-0.2, 0) is 14.6 Å². The Morgan fingerprint density at radius 1 is 0.720 bits per heavy atom. The van der Waals surface area contributed by atoms with Gasteiger partial charge in [-0.05, 0) is 51.4 Å². The summed E-state index contributed by atoms with van der Waals surface area (Å²) < 4.78 is 33.2. The van der Waals surface area contributed by atoms with Crippen LogP contribution in [-0.4, -0.2) is 19.6 Å². The molecule has 0 aromatic carbocycles. The lowest BCUT2D eigenvalue weighted by atomic mass is 10.2. The maximum absolute atomic E-state index is 10.3. The van der Waals surface area contributed by atoms with Crippen LogP contribution in [0.3, 0.4) is 0 Å². The van der Waals surface area contributed by atoms with E-state index >= 15 is 0 Å². The van der Waals surface area contributed by atoms with E-state index in [1.165, 1.54) is 0 Å². The van der Waals surface area contributed by atoms with E-state index in [0.29, 0.717) is 6.42 Å². The van der Waals surface area contributed by atoms with Crippen LogP contribution in [0.15, 0.2) is 60.8 Å². The molecule has 4 nitrogen and oxygen atoms in total. The second-order valence-corrected chi connectivity index (χ2v) is 6.54. The van der Waals surface area contributed by atoms with Crippen LogP contribution in [0.5, 0.6) is 0 Å². The molecule has 0 rings (SSSR count). The zero-order valence-electron chi connectivity index (χ0n) is 15.2. The highest BCUT2D eigenvalue weighted by atomic mass is 32.3. The molecule has 0 atom stereocenters. The van der Waals surface area contributed by atoms with Gasteiger partial charge in [0, 0.05) is 0 Å². The van der Waals surface area contributed by atoms with Gasteiger partial charge < -0.3 is 0 Å². The van der Waals surface area contributed by atoms with Gasteiger partial charge in [-0.1, -0.05) is 67.7 Å². The molecule has 0 fully saturated rings. The minimum atomic E-state index is -4.29. The minimum absolute atomic E-state index is 0.0313. The van der Waals surface area contributed by atoms with Crippen LogP contribution in [0.4, 0.5) is 0 Å². The summed E-state index contributed by atoms with van der Waals surface area (Å²) in [5.41, 5.74) is 0. The van der Waals surface area contributed by atoms with E-state index in [9.17, 15) is 8.42 Å². The lowest BCUT2D eigenvalue weighted by molar-refractivity contribution is 0.263. The average molecular weight is 369 g/mol. The van der Waals surface area contributed by atoms with Crippen LogP contribution in [0.25, 0.3) is 0 Å². The third-order valence-corrected chi connectivity index (χ3v) is 3.62. The Balaban J connectivity index is 3.47. The fourth-order valence-corrected chi connectivity index (χ4v) is 2.23. The Morgan fingerprint density at radius 3 is 1.60 bits per heavy atom. The standard InChI is InChI=1S/C20H32O4S/c1-2-3-4-5-6-7-8-9-10-11-12-13-14-15-16-17-18-19-20-24-25(21,22)23/h3-4,6-7,9-10,12-13,15-16H,2,5,8,11,14,17-20H2,1H3,(H,21,22,23)/b4-3+,7-6+,10-9+,13-12+,16-15+. The molecule has 25 heavy (non-hydrogen) atoms. The SMILES string of the molecule is CC/C=C/C/C=C/C/C=C/C/C=C/C/C=C/CCCCOS(=O)(=O)O. The Labute approximate surface area is 153 Å². The van der Waals surface area contributed by atoms with Gasteiger partial charge in [-0.15, -0.1) is 0 Å². The van der Waals surface area contributed by atoms with Crippen molar-refractivity contribution in [2.45, 2.75) is 58.3 Å². The summed E-state index contributed by atoms with van der Waals surface area (Å²) >= 11 is 0. The minimum Gasteiger partial charge on any atom is -0.264 e.